The Morgan fingerprint density at radius 1 is 1.42 bits per heavy atom. The van der Waals surface area contributed by atoms with Crippen LogP contribution in [0.4, 0.5) is 0 Å². The molecule has 1 unspecified atom stereocenters. The predicted molar refractivity (Wildman–Crippen MR) is 77.8 cm³/mol. The van der Waals surface area contributed by atoms with Crippen molar-refractivity contribution in [2.75, 3.05) is 26.3 Å². The van der Waals surface area contributed by atoms with Gasteiger partial charge < -0.3 is 15.4 Å². The number of carbonyl (C=O) groups is 1. The monoisotopic (exact) mass is 326 g/mol. The van der Waals surface area contributed by atoms with E-state index in [1.54, 1.807) is 0 Å². The van der Waals surface area contributed by atoms with Gasteiger partial charge in [0.15, 0.2) is 0 Å². The number of hydrogen-bond acceptors (Lipinski definition) is 3. The molecule has 1 aromatic rings. The van der Waals surface area contributed by atoms with Crippen molar-refractivity contribution >= 4 is 21.8 Å². The average molecular weight is 327 g/mol. The third-order valence-corrected chi connectivity index (χ3v) is 3.89. The second-order valence-electron chi connectivity index (χ2n) is 4.68. The zero-order valence-corrected chi connectivity index (χ0v) is 12.4. The van der Waals surface area contributed by atoms with Crippen LogP contribution < -0.4 is 5.73 Å². The molecule has 4 nitrogen and oxygen atoms in total. The van der Waals surface area contributed by atoms with Crippen LogP contribution in [0.25, 0.3) is 0 Å². The maximum Gasteiger partial charge on any atom is 0.223 e. The fraction of sp³-hybridized carbons (Fsp3) is 0.500. The number of hydrogen-bond donors (Lipinski definition) is 1. The summed E-state index contributed by atoms with van der Waals surface area (Å²) in [5, 5.41) is 0. The number of ether oxygens (including phenoxy) is 1. The molecular weight excluding hydrogens is 308 g/mol. The van der Waals surface area contributed by atoms with E-state index < -0.39 is 0 Å². The summed E-state index contributed by atoms with van der Waals surface area (Å²) in [5.41, 5.74) is 6.85. The van der Waals surface area contributed by atoms with Crippen LogP contribution >= 0.6 is 15.9 Å². The Balaban J connectivity index is 1.87. The molecule has 1 atom stereocenters. The number of nitrogens with two attached hydrogens (primary N) is 1. The highest BCUT2D eigenvalue weighted by atomic mass is 79.9. The lowest BCUT2D eigenvalue weighted by molar-refractivity contribution is -0.139. The lowest BCUT2D eigenvalue weighted by atomic mass is 10.1. The standard InChI is InChI=1S/C14H19BrN2O2/c15-12-4-1-11(2-5-12)3-6-14(18)17-7-8-19-10-13(17)9-16/h1-2,4-5,13H,3,6-10,16H2. The van der Waals surface area contributed by atoms with E-state index in [9.17, 15) is 4.79 Å². The lowest BCUT2D eigenvalue weighted by Crippen LogP contribution is -2.52. The first-order valence-corrected chi connectivity index (χ1v) is 7.31. The van der Waals surface area contributed by atoms with Gasteiger partial charge in [-0.2, -0.15) is 0 Å². The van der Waals surface area contributed by atoms with Crippen molar-refractivity contribution in [3.63, 3.8) is 0 Å². The van der Waals surface area contributed by atoms with E-state index in [1.165, 1.54) is 5.56 Å². The Morgan fingerprint density at radius 2 is 2.16 bits per heavy atom. The molecule has 0 aromatic heterocycles. The quantitative estimate of drug-likeness (QED) is 0.913. The number of nitrogens with zero attached hydrogens (tertiary/aromatic N) is 1. The summed E-state index contributed by atoms with van der Waals surface area (Å²) in [7, 11) is 0. The number of benzene rings is 1. The molecule has 1 saturated heterocycles. The second-order valence-corrected chi connectivity index (χ2v) is 5.59. The van der Waals surface area contributed by atoms with Crippen molar-refractivity contribution < 1.29 is 9.53 Å². The predicted octanol–water partition coefficient (Wildman–Crippen LogP) is 1.57. The zero-order valence-electron chi connectivity index (χ0n) is 10.8. The molecule has 1 aliphatic heterocycles. The van der Waals surface area contributed by atoms with Crippen LogP contribution in [0.15, 0.2) is 28.7 Å². The third-order valence-electron chi connectivity index (χ3n) is 3.36. The minimum absolute atomic E-state index is 0.0335. The van der Waals surface area contributed by atoms with Gasteiger partial charge in [-0.1, -0.05) is 28.1 Å². The summed E-state index contributed by atoms with van der Waals surface area (Å²) in [4.78, 5) is 14.1. The molecule has 1 aromatic carbocycles. The molecule has 19 heavy (non-hydrogen) atoms. The molecule has 1 heterocycles. The SMILES string of the molecule is NCC1COCCN1C(=O)CCc1ccc(Br)cc1. The lowest BCUT2D eigenvalue weighted by Gasteiger charge is -2.35. The van der Waals surface area contributed by atoms with Crippen LogP contribution in [0, 0.1) is 0 Å². The minimum atomic E-state index is 0.0335. The highest BCUT2D eigenvalue weighted by Crippen LogP contribution is 2.14. The van der Waals surface area contributed by atoms with E-state index in [2.05, 4.69) is 15.9 Å². The van der Waals surface area contributed by atoms with Crippen molar-refractivity contribution in [2.45, 2.75) is 18.9 Å². The van der Waals surface area contributed by atoms with Gasteiger partial charge in [-0.3, -0.25) is 4.79 Å². The van der Waals surface area contributed by atoms with E-state index in [4.69, 9.17) is 10.5 Å². The van der Waals surface area contributed by atoms with E-state index in [0.29, 0.717) is 32.7 Å². The summed E-state index contributed by atoms with van der Waals surface area (Å²) in [5.74, 6) is 0.168. The fourth-order valence-electron chi connectivity index (χ4n) is 2.22. The third kappa shape index (κ3) is 4.03. The number of aryl methyl sites for hydroxylation is 1. The number of amides is 1. The number of carbonyl (C=O) groups excluding carboxylic acids is 1. The van der Waals surface area contributed by atoms with Gasteiger partial charge >= 0.3 is 0 Å². The Hall–Kier alpha value is -0.910. The van der Waals surface area contributed by atoms with Gasteiger partial charge in [0.05, 0.1) is 19.3 Å². The van der Waals surface area contributed by atoms with Crippen molar-refractivity contribution in [3.05, 3.63) is 34.3 Å². The van der Waals surface area contributed by atoms with Crippen molar-refractivity contribution in [1.82, 2.24) is 4.90 Å². The van der Waals surface area contributed by atoms with Gasteiger partial charge in [0.2, 0.25) is 5.91 Å². The molecule has 104 valence electrons. The summed E-state index contributed by atoms with van der Waals surface area (Å²) in [6.07, 6.45) is 1.29. The first-order chi connectivity index (χ1) is 9.20. The van der Waals surface area contributed by atoms with Gasteiger partial charge in [-0.15, -0.1) is 0 Å². The summed E-state index contributed by atoms with van der Waals surface area (Å²) < 4.78 is 6.40. The Labute approximate surface area is 122 Å². The van der Waals surface area contributed by atoms with Crippen LogP contribution in [-0.4, -0.2) is 43.2 Å². The molecule has 1 fully saturated rings. The Kier molecular flexibility index (Phi) is 5.36. The van der Waals surface area contributed by atoms with Crippen molar-refractivity contribution in [3.8, 4) is 0 Å². The van der Waals surface area contributed by atoms with Crippen LogP contribution in [0.1, 0.15) is 12.0 Å². The number of morpholine rings is 1. The normalized spacial score (nSPS) is 19.5. The van der Waals surface area contributed by atoms with Crippen molar-refractivity contribution in [2.24, 2.45) is 5.73 Å². The first kappa shape index (κ1) is 14.5. The maximum atomic E-state index is 12.2. The van der Waals surface area contributed by atoms with Gasteiger partial charge in [0.25, 0.3) is 0 Å². The van der Waals surface area contributed by atoms with Gasteiger partial charge in [-0.25, -0.2) is 0 Å². The highest BCUT2D eigenvalue weighted by molar-refractivity contribution is 9.10. The molecule has 2 N–H and O–H groups in total. The molecule has 0 aliphatic carbocycles. The molecular formula is C14H19BrN2O2. The molecule has 0 spiro atoms. The molecule has 5 heteroatoms. The molecule has 1 aliphatic rings. The molecule has 0 bridgehead atoms. The largest absolute Gasteiger partial charge is 0.377 e. The van der Waals surface area contributed by atoms with Gasteiger partial charge in [0.1, 0.15) is 0 Å². The fourth-order valence-corrected chi connectivity index (χ4v) is 2.49. The van der Waals surface area contributed by atoms with Crippen molar-refractivity contribution in [1.29, 1.82) is 0 Å². The average Bonchev–Trinajstić information content (AvgIpc) is 2.46. The number of halogens is 1. The van der Waals surface area contributed by atoms with E-state index >= 15 is 0 Å². The highest BCUT2D eigenvalue weighted by Gasteiger charge is 2.25. The van der Waals surface area contributed by atoms with E-state index in [1.807, 2.05) is 29.2 Å². The summed E-state index contributed by atoms with van der Waals surface area (Å²) in [6.45, 7) is 2.28. The summed E-state index contributed by atoms with van der Waals surface area (Å²) in [6, 6.07) is 8.11. The smallest absolute Gasteiger partial charge is 0.223 e. The molecule has 0 radical (unpaired) electrons. The first-order valence-electron chi connectivity index (χ1n) is 6.52. The van der Waals surface area contributed by atoms with Crippen LogP contribution in [0.2, 0.25) is 0 Å². The molecule has 1 amide bonds. The summed E-state index contributed by atoms with van der Waals surface area (Å²) >= 11 is 3.40. The zero-order chi connectivity index (χ0) is 13.7. The van der Waals surface area contributed by atoms with E-state index in [-0.39, 0.29) is 11.9 Å². The maximum absolute atomic E-state index is 12.2. The van der Waals surface area contributed by atoms with E-state index in [0.717, 1.165) is 10.9 Å². The van der Waals surface area contributed by atoms with Crippen LogP contribution in [0.5, 0.6) is 0 Å². The molecule has 2 rings (SSSR count). The second kappa shape index (κ2) is 7.03. The molecule has 0 saturated carbocycles. The number of rotatable bonds is 4. The van der Waals surface area contributed by atoms with Gasteiger partial charge in [0, 0.05) is 24.0 Å². The van der Waals surface area contributed by atoms with Gasteiger partial charge in [-0.05, 0) is 24.1 Å². The van der Waals surface area contributed by atoms with Crippen LogP contribution in [0.3, 0.4) is 0 Å². The topological polar surface area (TPSA) is 55.6 Å². The Morgan fingerprint density at radius 3 is 2.84 bits per heavy atom. The van der Waals surface area contributed by atoms with Crippen LogP contribution in [-0.2, 0) is 16.0 Å². The Bertz CT molecular complexity index is 422. The minimum Gasteiger partial charge on any atom is -0.377 e.